The van der Waals surface area contributed by atoms with E-state index >= 15 is 0 Å². The van der Waals surface area contributed by atoms with Gasteiger partial charge in [-0.05, 0) is 41.8 Å². The predicted octanol–water partition coefficient (Wildman–Crippen LogP) is 2.10. The number of nitrogens with one attached hydrogen (secondary N) is 1. The number of aromatic nitrogens is 1. The molecule has 108 valence electrons. The van der Waals surface area contributed by atoms with Crippen molar-refractivity contribution in [3.8, 4) is 11.1 Å². The minimum Gasteiger partial charge on any atom is -0.336 e. The molecule has 1 aromatic heterocycles. The second kappa shape index (κ2) is 6.06. The molecule has 0 unspecified atom stereocenters. The molecule has 0 radical (unpaired) electrons. The van der Waals surface area contributed by atoms with E-state index in [1.807, 2.05) is 36.1 Å². The summed E-state index contributed by atoms with van der Waals surface area (Å²) in [5, 5.41) is 3.27. The number of carbonyl (C=O) groups excluding carboxylic acids is 1. The summed E-state index contributed by atoms with van der Waals surface area (Å²) in [5.74, 6) is 0.135. The zero-order valence-electron chi connectivity index (χ0n) is 12.2. The van der Waals surface area contributed by atoms with Gasteiger partial charge in [0.25, 0.3) is 5.91 Å². The van der Waals surface area contributed by atoms with Crippen LogP contribution in [-0.2, 0) is 0 Å². The Morgan fingerprint density at radius 2 is 1.81 bits per heavy atom. The number of pyridine rings is 1. The van der Waals surface area contributed by atoms with Crippen LogP contribution in [0.25, 0.3) is 11.1 Å². The van der Waals surface area contributed by atoms with Gasteiger partial charge in [0.05, 0.1) is 0 Å². The van der Waals surface area contributed by atoms with Crippen molar-refractivity contribution in [1.82, 2.24) is 15.2 Å². The molecular weight excluding hydrogens is 262 g/mol. The summed E-state index contributed by atoms with van der Waals surface area (Å²) in [4.78, 5) is 18.5. The molecule has 1 aromatic carbocycles. The number of piperazine rings is 1. The van der Waals surface area contributed by atoms with E-state index in [1.165, 1.54) is 0 Å². The van der Waals surface area contributed by atoms with E-state index in [2.05, 4.69) is 16.4 Å². The number of benzene rings is 1. The van der Waals surface area contributed by atoms with Gasteiger partial charge in [0.2, 0.25) is 0 Å². The smallest absolute Gasteiger partial charge is 0.254 e. The Hall–Kier alpha value is -2.20. The molecule has 1 aliphatic heterocycles. The summed E-state index contributed by atoms with van der Waals surface area (Å²) in [6.07, 6.45) is 3.56. The number of nitrogens with zero attached hydrogens (tertiary/aromatic N) is 2. The van der Waals surface area contributed by atoms with Gasteiger partial charge >= 0.3 is 0 Å². The minimum atomic E-state index is 0.135. The van der Waals surface area contributed by atoms with Crippen LogP contribution in [-0.4, -0.2) is 42.0 Å². The lowest BCUT2D eigenvalue weighted by Crippen LogP contribution is -2.46. The third-order valence-electron chi connectivity index (χ3n) is 3.87. The van der Waals surface area contributed by atoms with E-state index in [4.69, 9.17) is 0 Å². The normalized spacial score (nSPS) is 15.0. The van der Waals surface area contributed by atoms with Crippen molar-refractivity contribution in [3.05, 3.63) is 53.9 Å². The summed E-state index contributed by atoms with van der Waals surface area (Å²) in [6.45, 7) is 5.31. The fourth-order valence-corrected chi connectivity index (χ4v) is 2.67. The second-order valence-corrected chi connectivity index (χ2v) is 5.31. The van der Waals surface area contributed by atoms with Crippen molar-refractivity contribution < 1.29 is 4.79 Å². The molecule has 1 saturated heterocycles. The van der Waals surface area contributed by atoms with Gasteiger partial charge in [0.15, 0.2) is 0 Å². The lowest BCUT2D eigenvalue weighted by atomic mass is 10.00. The molecule has 0 saturated carbocycles. The molecule has 1 amide bonds. The average Bonchev–Trinajstić information content (AvgIpc) is 2.56. The largest absolute Gasteiger partial charge is 0.336 e. The van der Waals surface area contributed by atoms with Crippen LogP contribution in [0.5, 0.6) is 0 Å². The van der Waals surface area contributed by atoms with Gasteiger partial charge in [-0.1, -0.05) is 12.1 Å². The highest BCUT2D eigenvalue weighted by Gasteiger charge is 2.19. The fraction of sp³-hybridized carbons (Fsp3) is 0.294. The maximum atomic E-state index is 12.6. The van der Waals surface area contributed by atoms with Crippen molar-refractivity contribution in [3.63, 3.8) is 0 Å². The first-order valence-electron chi connectivity index (χ1n) is 7.27. The van der Waals surface area contributed by atoms with Crippen molar-refractivity contribution >= 4 is 5.91 Å². The van der Waals surface area contributed by atoms with E-state index in [9.17, 15) is 4.79 Å². The molecule has 1 fully saturated rings. The summed E-state index contributed by atoms with van der Waals surface area (Å²) >= 11 is 0. The molecule has 2 heterocycles. The molecule has 0 atom stereocenters. The average molecular weight is 281 g/mol. The predicted molar refractivity (Wildman–Crippen MR) is 83.2 cm³/mol. The fourth-order valence-electron chi connectivity index (χ4n) is 2.67. The molecule has 0 aliphatic carbocycles. The third kappa shape index (κ3) is 2.95. The number of carbonyl (C=O) groups is 1. The number of amides is 1. The zero-order chi connectivity index (χ0) is 14.7. The van der Waals surface area contributed by atoms with Gasteiger partial charge in [0, 0.05) is 44.1 Å². The number of hydrogen-bond acceptors (Lipinski definition) is 3. The van der Waals surface area contributed by atoms with E-state index in [0.717, 1.165) is 48.4 Å². The van der Waals surface area contributed by atoms with Gasteiger partial charge in [-0.25, -0.2) is 0 Å². The van der Waals surface area contributed by atoms with Crippen LogP contribution in [0.4, 0.5) is 0 Å². The monoisotopic (exact) mass is 281 g/mol. The number of rotatable bonds is 2. The Kier molecular flexibility index (Phi) is 3.97. The standard InChI is InChI=1S/C17H19N3O/c1-13-12-15(14-4-6-18-7-5-14)2-3-16(13)17(21)20-10-8-19-9-11-20/h2-7,12,19H,8-11H2,1H3. The molecule has 0 bridgehead atoms. The van der Waals surface area contributed by atoms with Gasteiger partial charge in [-0.2, -0.15) is 0 Å². The quantitative estimate of drug-likeness (QED) is 0.917. The Bertz CT molecular complexity index is 634. The van der Waals surface area contributed by atoms with Crippen LogP contribution in [0.1, 0.15) is 15.9 Å². The molecule has 0 spiro atoms. The number of hydrogen-bond donors (Lipinski definition) is 1. The van der Waals surface area contributed by atoms with Crippen LogP contribution >= 0.6 is 0 Å². The van der Waals surface area contributed by atoms with Crippen LogP contribution in [0.2, 0.25) is 0 Å². The van der Waals surface area contributed by atoms with Gasteiger partial charge in [-0.15, -0.1) is 0 Å². The van der Waals surface area contributed by atoms with Gasteiger partial charge in [-0.3, -0.25) is 9.78 Å². The maximum Gasteiger partial charge on any atom is 0.254 e. The highest BCUT2D eigenvalue weighted by atomic mass is 16.2. The Labute approximate surface area is 124 Å². The van der Waals surface area contributed by atoms with E-state index in [1.54, 1.807) is 12.4 Å². The molecule has 1 N–H and O–H groups in total. The second-order valence-electron chi connectivity index (χ2n) is 5.31. The van der Waals surface area contributed by atoms with E-state index < -0.39 is 0 Å². The van der Waals surface area contributed by atoms with Crippen molar-refractivity contribution in [1.29, 1.82) is 0 Å². The summed E-state index contributed by atoms with van der Waals surface area (Å²) < 4.78 is 0. The maximum absolute atomic E-state index is 12.6. The lowest BCUT2D eigenvalue weighted by Gasteiger charge is -2.28. The Morgan fingerprint density at radius 1 is 1.10 bits per heavy atom. The Morgan fingerprint density at radius 3 is 2.48 bits per heavy atom. The molecule has 3 rings (SSSR count). The van der Waals surface area contributed by atoms with Crippen LogP contribution in [0.15, 0.2) is 42.7 Å². The zero-order valence-corrected chi connectivity index (χ0v) is 12.2. The minimum absolute atomic E-state index is 0.135. The van der Waals surface area contributed by atoms with Crippen LogP contribution in [0.3, 0.4) is 0 Å². The topological polar surface area (TPSA) is 45.2 Å². The lowest BCUT2D eigenvalue weighted by molar-refractivity contribution is 0.0735. The van der Waals surface area contributed by atoms with Crippen LogP contribution < -0.4 is 5.32 Å². The third-order valence-corrected chi connectivity index (χ3v) is 3.87. The summed E-state index contributed by atoms with van der Waals surface area (Å²) in [5.41, 5.74) is 4.06. The first kappa shape index (κ1) is 13.8. The first-order chi connectivity index (χ1) is 10.3. The first-order valence-corrected chi connectivity index (χ1v) is 7.27. The van der Waals surface area contributed by atoms with Gasteiger partial charge < -0.3 is 10.2 Å². The molecular formula is C17H19N3O. The number of aryl methyl sites for hydroxylation is 1. The highest BCUT2D eigenvalue weighted by molar-refractivity contribution is 5.96. The van der Waals surface area contributed by atoms with Crippen LogP contribution in [0, 0.1) is 6.92 Å². The van der Waals surface area contributed by atoms with Gasteiger partial charge in [0.1, 0.15) is 0 Å². The SMILES string of the molecule is Cc1cc(-c2ccncc2)ccc1C(=O)N1CCNCC1. The van der Waals surface area contributed by atoms with E-state index in [0.29, 0.717) is 0 Å². The molecule has 2 aromatic rings. The van der Waals surface area contributed by atoms with Crippen molar-refractivity contribution in [2.75, 3.05) is 26.2 Å². The summed E-state index contributed by atoms with van der Waals surface area (Å²) in [6, 6.07) is 9.98. The summed E-state index contributed by atoms with van der Waals surface area (Å²) in [7, 11) is 0. The Balaban J connectivity index is 1.86. The van der Waals surface area contributed by atoms with E-state index in [-0.39, 0.29) is 5.91 Å². The van der Waals surface area contributed by atoms with Crippen molar-refractivity contribution in [2.45, 2.75) is 6.92 Å². The molecule has 4 nitrogen and oxygen atoms in total. The molecule has 1 aliphatic rings. The highest BCUT2D eigenvalue weighted by Crippen LogP contribution is 2.22. The molecule has 21 heavy (non-hydrogen) atoms. The van der Waals surface area contributed by atoms with Crippen molar-refractivity contribution in [2.24, 2.45) is 0 Å². The molecule has 4 heteroatoms.